The average Bonchev–Trinajstić information content (AvgIpc) is 3.28. The standard InChI is InChI=1S/C18H15F2N3O.C2HF3O2/c1-10-12(3-2-4-14(10)19)11-5-6-17-21-16(9-23(17)8-11)22-18(24)13-7-15(13)20;3-2(4,5)1(6)7/h2-6,8-9,13,15H,7H2,1H3,(H,22,24);(H,6,7)/t13-,15-;/m0./s1. The highest BCUT2D eigenvalue weighted by molar-refractivity contribution is 5.94. The molecule has 1 aromatic carbocycles. The summed E-state index contributed by atoms with van der Waals surface area (Å²) in [5.74, 6) is -3.52. The van der Waals surface area contributed by atoms with Crippen LogP contribution in [0.25, 0.3) is 16.8 Å². The maximum Gasteiger partial charge on any atom is 0.490 e. The van der Waals surface area contributed by atoms with E-state index in [4.69, 9.17) is 9.90 Å². The Balaban J connectivity index is 0.000000339. The lowest BCUT2D eigenvalue weighted by atomic mass is 10.0. The number of alkyl halides is 4. The van der Waals surface area contributed by atoms with Gasteiger partial charge in [0.05, 0.1) is 12.1 Å². The van der Waals surface area contributed by atoms with Crippen LogP contribution in [0.4, 0.5) is 27.8 Å². The first-order valence-electron chi connectivity index (χ1n) is 8.96. The lowest BCUT2D eigenvalue weighted by Crippen LogP contribution is -2.21. The van der Waals surface area contributed by atoms with Gasteiger partial charge in [0.2, 0.25) is 5.91 Å². The number of hydrogen-bond donors (Lipinski definition) is 2. The highest BCUT2D eigenvalue weighted by Gasteiger charge is 2.43. The summed E-state index contributed by atoms with van der Waals surface area (Å²) in [6, 6.07) is 8.61. The van der Waals surface area contributed by atoms with Crippen molar-refractivity contribution in [3.8, 4) is 11.1 Å². The van der Waals surface area contributed by atoms with Crippen molar-refractivity contribution >= 4 is 23.3 Å². The Kier molecular flexibility index (Phi) is 5.96. The average molecular weight is 441 g/mol. The summed E-state index contributed by atoms with van der Waals surface area (Å²) in [7, 11) is 0. The molecule has 1 aliphatic carbocycles. The summed E-state index contributed by atoms with van der Waals surface area (Å²) in [5, 5.41) is 9.76. The number of rotatable bonds is 3. The van der Waals surface area contributed by atoms with Gasteiger partial charge in [-0.25, -0.2) is 18.6 Å². The second-order valence-corrected chi connectivity index (χ2v) is 6.87. The lowest BCUT2D eigenvalue weighted by molar-refractivity contribution is -0.192. The molecule has 4 rings (SSSR count). The molecule has 0 bridgehead atoms. The Morgan fingerprint density at radius 3 is 2.42 bits per heavy atom. The maximum atomic E-state index is 13.7. The predicted molar refractivity (Wildman–Crippen MR) is 101 cm³/mol. The van der Waals surface area contributed by atoms with Gasteiger partial charge >= 0.3 is 12.1 Å². The number of anilines is 1. The number of carboxylic acid groups (broad SMARTS) is 1. The summed E-state index contributed by atoms with van der Waals surface area (Å²) >= 11 is 0. The fraction of sp³-hybridized carbons (Fsp3) is 0.250. The zero-order valence-electron chi connectivity index (χ0n) is 16.0. The number of amides is 1. The normalized spacial score (nSPS) is 17.6. The van der Waals surface area contributed by atoms with Gasteiger partial charge in [0.1, 0.15) is 17.6 Å². The van der Waals surface area contributed by atoms with Crippen LogP contribution >= 0.6 is 0 Å². The van der Waals surface area contributed by atoms with Gasteiger partial charge in [0.25, 0.3) is 0 Å². The molecule has 1 amide bonds. The predicted octanol–water partition coefficient (Wildman–Crippen LogP) is 4.38. The molecule has 2 aromatic heterocycles. The van der Waals surface area contributed by atoms with E-state index in [0.717, 1.165) is 11.1 Å². The third-order valence-electron chi connectivity index (χ3n) is 4.57. The number of benzene rings is 1. The third-order valence-corrected chi connectivity index (χ3v) is 4.57. The molecule has 1 saturated carbocycles. The molecule has 1 fully saturated rings. The number of aromatic nitrogens is 2. The van der Waals surface area contributed by atoms with E-state index in [0.29, 0.717) is 17.0 Å². The second-order valence-electron chi connectivity index (χ2n) is 6.87. The van der Waals surface area contributed by atoms with Crippen LogP contribution in [0.15, 0.2) is 42.7 Å². The SMILES string of the molecule is Cc1c(F)cccc1-c1ccc2nc(NC(=O)[C@H]3C[C@@H]3F)cn2c1.O=C(O)C(F)(F)F. The number of imidazole rings is 1. The van der Waals surface area contributed by atoms with Crippen molar-refractivity contribution in [3.05, 3.63) is 54.1 Å². The first kappa shape index (κ1) is 22.2. The van der Waals surface area contributed by atoms with E-state index in [1.807, 2.05) is 18.3 Å². The molecule has 6 nitrogen and oxygen atoms in total. The van der Waals surface area contributed by atoms with Crippen LogP contribution in [0, 0.1) is 18.7 Å². The number of fused-ring (bicyclic) bond motifs is 1. The molecule has 3 aromatic rings. The number of hydrogen-bond acceptors (Lipinski definition) is 3. The van der Waals surface area contributed by atoms with Crippen LogP contribution in [0.1, 0.15) is 12.0 Å². The molecule has 0 radical (unpaired) electrons. The second kappa shape index (κ2) is 8.32. The Morgan fingerprint density at radius 1 is 1.19 bits per heavy atom. The fourth-order valence-corrected chi connectivity index (χ4v) is 2.79. The highest BCUT2D eigenvalue weighted by Crippen LogP contribution is 2.34. The van der Waals surface area contributed by atoms with Crippen LogP contribution in [0.5, 0.6) is 0 Å². The first-order chi connectivity index (χ1) is 14.5. The number of aliphatic carboxylic acids is 1. The molecule has 0 aliphatic heterocycles. The zero-order valence-corrected chi connectivity index (χ0v) is 16.0. The monoisotopic (exact) mass is 441 g/mol. The van der Waals surface area contributed by atoms with E-state index >= 15 is 0 Å². The lowest BCUT2D eigenvalue weighted by Gasteiger charge is -2.07. The molecule has 164 valence electrons. The van der Waals surface area contributed by atoms with Crippen molar-refractivity contribution in [2.75, 3.05) is 5.32 Å². The minimum Gasteiger partial charge on any atom is -0.475 e. The molecular formula is C20H16F5N3O3. The number of halogens is 5. The van der Waals surface area contributed by atoms with E-state index in [2.05, 4.69) is 10.3 Å². The van der Waals surface area contributed by atoms with E-state index in [-0.39, 0.29) is 18.1 Å². The van der Waals surface area contributed by atoms with Crippen LogP contribution in [0.3, 0.4) is 0 Å². The van der Waals surface area contributed by atoms with Crippen molar-refractivity contribution < 1.29 is 36.6 Å². The number of carbonyl (C=O) groups is 2. The van der Waals surface area contributed by atoms with E-state index in [1.54, 1.807) is 29.7 Å². The van der Waals surface area contributed by atoms with Crippen molar-refractivity contribution in [3.63, 3.8) is 0 Å². The van der Waals surface area contributed by atoms with Crippen molar-refractivity contribution in [2.45, 2.75) is 25.7 Å². The summed E-state index contributed by atoms with van der Waals surface area (Å²) in [5.41, 5.74) is 2.87. The summed E-state index contributed by atoms with van der Waals surface area (Å²) < 4.78 is 60.2. The fourth-order valence-electron chi connectivity index (χ4n) is 2.79. The molecule has 0 saturated heterocycles. The Hall–Kier alpha value is -3.50. The number of pyridine rings is 1. The smallest absolute Gasteiger partial charge is 0.475 e. The molecule has 1 aliphatic rings. The maximum absolute atomic E-state index is 13.7. The largest absolute Gasteiger partial charge is 0.490 e. The summed E-state index contributed by atoms with van der Waals surface area (Å²) in [6.07, 6.45) is -2.34. The van der Waals surface area contributed by atoms with Crippen molar-refractivity contribution in [2.24, 2.45) is 5.92 Å². The Morgan fingerprint density at radius 2 is 1.84 bits per heavy atom. The number of nitrogens with zero attached hydrogens (tertiary/aromatic N) is 2. The number of carboxylic acids is 1. The molecule has 2 heterocycles. The van der Waals surface area contributed by atoms with Gasteiger partial charge in [-0.15, -0.1) is 0 Å². The van der Waals surface area contributed by atoms with Crippen LogP contribution in [0.2, 0.25) is 0 Å². The molecule has 0 spiro atoms. The van der Waals surface area contributed by atoms with Gasteiger partial charge in [0.15, 0.2) is 5.82 Å². The van der Waals surface area contributed by atoms with E-state index in [1.165, 1.54) is 6.07 Å². The molecule has 11 heteroatoms. The molecule has 2 atom stereocenters. The number of nitrogens with one attached hydrogen (secondary N) is 1. The van der Waals surface area contributed by atoms with Gasteiger partial charge in [-0.3, -0.25) is 4.79 Å². The Bertz CT molecular complexity index is 1140. The van der Waals surface area contributed by atoms with Gasteiger partial charge in [-0.2, -0.15) is 13.2 Å². The molecular weight excluding hydrogens is 425 g/mol. The van der Waals surface area contributed by atoms with Gasteiger partial charge in [-0.1, -0.05) is 12.1 Å². The van der Waals surface area contributed by atoms with E-state index in [9.17, 15) is 26.7 Å². The molecule has 2 N–H and O–H groups in total. The Labute approximate surface area is 172 Å². The summed E-state index contributed by atoms with van der Waals surface area (Å²) in [4.78, 5) is 25.0. The molecule has 0 unspecified atom stereocenters. The van der Waals surface area contributed by atoms with Crippen LogP contribution < -0.4 is 5.32 Å². The van der Waals surface area contributed by atoms with Gasteiger partial charge < -0.3 is 14.8 Å². The summed E-state index contributed by atoms with van der Waals surface area (Å²) in [6.45, 7) is 1.73. The first-order valence-corrected chi connectivity index (χ1v) is 8.96. The topological polar surface area (TPSA) is 83.7 Å². The quantitative estimate of drug-likeness (QED) is 0.591. The zero-order chi connectivity index (χ0) is 22.9. The number of carbonyl (C=O) groups excluding carboxylic acids is 1. The van der Waals surface area contributed by atoms with Crippen LogP contribution in [-0.2, 0) is 9.59 Å². The van der Waals surface area contributed by atoms with Crippen molar-refractivity contribution in [1.82, 2.24) is 9.38 Å². The van der Waals surface area contributed by atoms with Gasteiger partial charge in [-0.05, 0) is 48.2 Å². The van der Waals surface area contributed by atoms with Gasteiger partial charge in [0, 0.05) is 6.20 Å². The van der Waals surface area contributed by atoms with Crippen molar-refractivity contribution in [1.29, 1.82) is 0 Å². The minimum absolute atomic E-state index is 0.253. The van der Waals surface area contributed by atoms with E-state index < -0.39 is 24.2 Å². The molecule has 31 heavy (non-hydrogen) atoms. The highest BCUT2D eigenvalue weighted by atomic mass is 19.4. The third kappa shape index (κ3) is 5.16. The van der Waals surface area contributed by atoms with Crippen LogP contribution in [-0.4, -0.2) is 38.7 Å². The minimum atomic E-state index is -5.08.